The minimum atomic E-state index is 0.252. The molecule has 0 N–H and O–H groups in total. The van der Waals surface area contributed by atoms with Crippen LogP contribution in [0.3, 0.4) is 0 Å². The van der Waals surface area contributed by atoms with Gasteiger partial charge < -0.3 is 9.80 Å². The molecule has 1 fully saturated rings. The summed E-state index contributed by atoms with van der Waals surface area (Å²) in [5, 5.41) is 3.11. The van der Waals surface area contributed by atoms with E-state index in [0.717, 1.165) is 43.3 Å². The molecule has 1 aromatic heterocycles. The van der Waals surface area contributed by atoms with Crippen LogP contribution in [-0.4, -0.2) is 42.0 Å². The van der Waals surface area contributed by atoms with Gasteiger partial charge >= 0.3 is 0 Å². The standard InChI is InChI=1S/C18H23N3OS/c1-14-4-3-5-16(12-14)20-8-10-21(11-9-20)18(22)7-6-17-19-15(2)13-23-17/h3-5,12-13H,6-11H2,1-2H3. The number of rotatable bonds is 4. The maximum absolute atomic E-state index is 12.4. The summed E-state index contributed by atoms with van der Waals surface area (Å²) in [6.45, 7) is 7.54. The zero-order valence-electron chi connectivity index (χ0n) is 13.8. The molecule has 1 aliphatic heterocycles. The van der Waals surface area contributed by atoms with Gasteiger partial charge in [-0.25, -0.2) is 4.98 Å². The van der Waals surface area contributed by atoms with Crippen LogP contribution in [0.2, 0.25) is 0 Å². The summed E-state index contributed by atoms with van der Waals surface area (Å²) in [6.07, 6.45) is 1.33. The molecular formula is C18H23N3OS. The zero-order chi connectivity index (χ0) is 16.2. The molecule has 2 heterocycles. The molecule has 0 unspecified atom stereocenters. The number of carbonyl (C=O) groups excluding carboxylic acids is 1. The van der Waals surface area contributed by atoms with Gasteiger partial charge in [0.05, 0.1) is 5.01 Å². The number of thiazole rings is 1. The van der Waals surface area contributed by atoms with Gasteiger partial charge in [0.25, 0.3) is 0 Å². The summed E-state index contributed by atoms with van der Waals surface area (Å²) in [5.41, 5.74) is 3.58. The van der Waals surface area contributed by atoms with E-state index in [1.54, 1.807) is 11.3 Å². The van der Waals surface area contributed by atoms with E-state index in [1.807, 2.05) is 17.2 Å². The van der Waals surface area contributed by atoms with Crippen LogP contribution >= 0.6 is 11.3 Å². The number of piperazine rings is 1. The summed E-state index contributed by atoms with van der Waals surface area (Å²) >= 11 is 1.65. The number of aromatic nitrogens is 1. The van der Waals surface area contributed by atoms with Gasteiger partial charge in [-0.15, -0.1) is 11.3 Å². The first-order chi connectivity index (χ1) is 11.1. The van der Waals surface area contributed by atoms with Crippen molar-refractivity contribution in [3.63, 3.8) is 0 Å². The van der Waals surface area contributed by atoms with Crippen LogP contribution in [0.25, 0.3) is 0 Å². The lowest BCUT2D eigenvalue weighted by Gasteiger charge is -2.36. The fraction of sp³-hybridized carbons (Fsp3) is 0.444. The van der Waals surface area contributed by atoms with Crippen molar-refractivity contribution in [1.29, 1.82) is 0 Å². The third kappa shape index (κ3) is 4.10. The van der Waals surface area contributed by atoms with Crippen molar-refractivity contribution in [3.05, 3.63) is 45.9 Å². The first kappa shape index (κ1) is 16.0. The van der Waals surface area contributed by atoms with E-state index < -0.39 is 0 Å². The Labute approximate surface area is 141 Å². The molecule has 0 bridgehead atoms. The number of hydrogen-bond acceptors (Lipinski definition) is 4. The summed E-state index contributed by atoms with van der Waals surface area (Å²) < 4.78 is 0. The first-order valence-corrected chi connectivity index (χ1v) is 9.00. The van der Waals surface area contributed by atoms with Crippen LogP contribution in [0.4, 0.5) is 5.69 Å². The predicted molar refractivity (Wildman–Crippen MR) is 95.1 cm³/mol. The Kier molecular flexibility index (Phi) is 4.96. The Balaban J connectivity index is 1.49. The van der Waals surface area contributed by atoms with Crippen LogP contribution in [0.1, 0.15) is 22.7 Å². The summed E-state index contributed by atoms with van der Waals surface area (Å²) in [7, 11) is 0. The molecule has 5 heteroatoms. The number of aryl methyl sites for hydroxylation is 3. The highest BCUT2D eigenvalue weighted by molar-refractivity contribution is 7.09. The second kappa shape index (κ2) is 7.13. The number of anilines is 1. The van der Waals surface area contributed by atoms with E-state index in [9.17, 15) is 4.79 Å². The molecule has 4 nitrogen and oxygen atoms in total. The van der Waals surface area contributed by atoms with Crippen LogP contribution in [0.15, 0.2) is 29.6 Å². The van der Waals surface area contributed by atoms with Gasteiger partial charge in [-0.1, -0.05) is 12.1 Å². The summed E-state index contributed by atoms with van der Waals surface area (Å²) in [6, 6.07) is 8.57. The van der Waals surface area contributed by atoms with Gasteiger partial charge in [-0.05, 0) is 31.5 Å². The van der Waals surface area contributed by atoms with Crippen molar-refractivity contribution in [2.75, 3.05) is 31.1 Å². The van der Waals surface area contributed by atoms with Gasteiger partial charge in [0, 0.05) is 55.8 Å². The normalized spacial score (nSPS) is 15.0. The third-order valence-corrected chi connectivity index (χ3v) is 5.24. The van der Waals surface area contributed by atoms with E-state index in [-0.39, 0.29) is 5.91 Å². The smallest absolute Gasteiger partial charge is 0.223 e. The maximum atomic E-state index is 12.4. The number of amides is 1. The predicted octanol–water partition coefficient (Wildman–Crippen LogP) is 3.04. The second-order valence-electron chi connectivity index (χ2n) is 6.09. The maximum Gasteiger partial charge on any atom is 0.223 e. The highest BCUT2D eigenvalue weighted by Crippen LogP contribution is 2.18. The number of carbonyl (C=O) groups is 1. The molecule has 2 aromatic rings. The van der Waals surface area contributed by atoms with Gasteiger partial charge in [-0.3, -0.25) is 4.79 Å². The molecule has 0 spiro atoms. The minimum absolute atomic E-state index is 0.252. The van der Waals surface area contributed by atoms with Gasteiger partial charge in [0.1, 0.15) is 0 Å². The minimum Gasteiger partial charge on any atom is -0.368 e. The molecule has 122 valence electrons. The summed E-state index contributed by atoms with van der Waals surface area (Å²) in [4.78, 5) is 21.1. The monoisotopic (exact) mass is 329 g/mol. The molecular weight excluding hydrogens is 306 g/mol. The highest BCUT2D eigenvalue weighted by Gasteiger charge is 2.21. The lowest BCUT2D eigenvalue weighted by atomic mass is 10.2. The Hall–Kier alpha value is -1.88. The molecule has 0 saturated carbocycles. The average molecular weight is 329 g/mol. The molecule has 1 amide bonds. The number of benzene rings is 1. The van der Waals surface area contributed by atoms with E-state index in [1.165, 1.54) is 11.3 Å². The van der Waals surface area contributed by atoms with Gasteiger partial charge in [0.2, 0.25) is 5.91 Å². The van der Waals surface area contributed by atoms with Gasteiger partial charge in [0.15, 0.2) is 0 Å². The number of hydrogen-bond donors (Lipinski definition) is 0. The first-order valence-electron chi connectivity index (χ1n) is 8.12. The molecule has 3 rings (SSSR count). The Morgan fingerprint density at radius 1 is 1.22 bits per heavy atom. The Morgan fingerprint density at radius 3 is 2.65 bits per heavy atom. The van der Waals surface area contributed by atoms with E-state index >= 15 is 0 Å². The quantitative estimate of drug-likeness (QED) is 0.865. The van der Waals surface area contributed by atoms with E-state index in [0.29, 0.717) is 6.42 Å². The van der Waals surface area contributed by atoms with Gasteiger partial charge in [-0.2, -0.15) is 0 Å². The van der Waals surface area contributed by atoms with Crippen molar-refractivity contribution < 1.29 is 4.79 Å². The van der Waals surface area contributed by atoms with E-state index in [4.69, 9.17) is 0 Å². The molecule has 0 aliphatic carbocycles. The average Bonchev–Trinajstić information content (AvgIpc) is 2.98. The highest BCUT2D eigenvalue weighted by atomic mass is 32.1. The van der Waals surface area contributed by atoms with Crippen LogP contribution in [0.5, 0.6) is 0 Å². The fourth-order valence-corrected chi connectivity index (χ4v) is 3.70. The van der Waals surface area contributed by atoms with Crippen molar-refractivity contribution in [3.8, 4) is 0 Å². The molecule has 1 saturated heterocycles. The molecule has 23 heavy (non-hydrogen) atoms. The molecule has 1 aromatic carbocycles. The third-order valence-electron chi connectivity index (χ3n) is 4.22. The van der Waals surface area contributed by atoms with Crippen molar-refractivity contribution in [2.24, 2.45) is 0 Å². The van der Waals surface area contributed by atoms with Crippen LogP contribution in [0, 0.1) is 13.8 Å². The molecule has 1 aliphatic rings. The van der Waals surface area contributed by atoms with Crippen molar-refractivity contribution >= 4 is 22.9 Å². The molecule has 0 atom stereocenters. The van der Waals surface area contributed by atoms with Crippen molar-refractivity contribution in [1.82, 2.24) is 9.88 Å². The van der Waals surface area contributed by atoms with Crippen LogP contribution < -0.4 is 4.90 Å². The topological polar surface area (TPSA) is 36.4 Å². The largest absolute Gasteiger partial charge is 0.368 e. The lowest BCUT2D eigenvalue weighted by Crippen LogP contribution is -2.48. The fourth-order valence-electron chi connectivity index (χ4n) is 2.93. The molecule has 0 radical (unpaired) electrons. The summed E-state index contributed by atoms with van der Waals surface area (Å²) in [5.74, 6) is 0.252. The zero-order valence-corrected chi connectivity index (χ0v) is 14.6. The Bertz CT molecular complexity index is 674. The lowest BCUT2D eigenvalue weighted by molar-refractivity contribution is -0.131. The van der Waals surface area contributed by atoms with Crippen LogP contribution in [-0.2, 0) is 11.2 Å². The SMILES string of the molecule is Cc1cccc(N2CCN(C(=O)CCc3nc(C)cs3)CC2)c1. The van der Waals surface area contributed by atoms with E-state index in [2.05, 4.69) is 41.1 Å². The van der Waals surface area contributed by atoms with Crippen molar-refractivity contribution in [2.45, 2.75) is 26.7 Å². The number of nitrogens with zero attached hydrogens (tertiary/aromatic N) is 3. The second-order valence-corrected chi connectivity index (χ2v) is 7.03. The Morgan fingerprint density at radius 2 is 2.00 bits per heavy atom.